The molecule has 1 amide bonds. The number of hydrogen-bond donors (Lipinski definition) is 2. The average molecular weight is 502 g/mol. The lowest BCUT2D eigenvalue weighted by Gasteiger charge is -2.04. The monoisotopic (exact) mass is 501 g/mol. The minimum atomic E-state index is -4.02. The molecule has 0 heterocycles. The minimum Gasteiger partial charge on any atom is -0.351 e. The van der Waals surface area contributed by atoms with Crippen molar-refractivity contribution in [1.82, 2.24) is 5.32 Å². The molecule has 0 aliphatic rings. The summed E-state index contributed by atoms with van der Waals surface area (Å²) in [4.78, 5) is 11.5. The Morgan fingerprint density at radius 2 is 1.00 bits per heavy atom. The summed E-state index contributed by atoms with van der Waals surface area (Å²) in [5, 5.41) is 2.44. The van der Waals surface area contributed by atoms with Crippen molar-refractivity contribution in [2.24, 2.45) is 0 Å². The summed E-state index contributed by atoms with van der Waals surface area (Å²) in [7, 11) is -4.02. The van der Waals surface area contributed by atoms with Gasteiger partial charge in [0.05, 0.1) is 5.75 Å². The molecular formula is C28H55NO4S. The van der Waals surface area contributed by atoms with Gasteiger partial charge in [-0.1, -0.05) is 141 Å². The van der Waals surface area contributed by atoms with Gasteiger partial charge in [-0.3, -0.25) is 9.35 Å². The van der Waals surface area contributed by atoms with Crippen molar-refractivity contribution in [1.29, 1.82) is 0 Å². The lowest BCUT2D eigenvalue weighted by molar-refractivity contribution is -0.116. The largest absolute Gasteiger partial charge is 0.351 e. The van der Waals surface area contributed by atoms with Crippen molar-refractivity contribution in [3.63, 3.8) is 0 Å². The van der Waals surface area contributed by atoms with Gasteiger partial charge in [0, 0.05) is 6.54 Å². The van der Waals surface area contributed by atoms with E-state index in [1.807, 2.05) is 6.08 Å². The van der Waals surface area contributed by atoms with Gasteiger partial charge in [-0.2, -0.15) is 8.42 Å². The van der Waals surface area contributed by atoms with Crippen LogP contribution < -0.4 is 5.32 Å². The Morgan fingerprint density at radius 3 is 1.35 bits per heavy atom. The molecule has 0 atom stereocenters. The SMILES string of the molecule is CCCCCCCCCCCCCCCCCCCCCCCC=CC(=O)NCCS(=O)(=O)O. The van der Waals surface area contributed by atoms with Crippen molar-refractivity contribution < 1.29 is 17.8 Å². The maximum absolute atomic E-state index is 11.5. The van der Waals surface area contributed by atoms with Crippen LogP contribution in [0.3, 0.4) is 0 Å². The number of amides is 1. The summed E-state index contributed by atoms with van der Waals surface area (Å²) in [5.41, 5.74) is 0. The van der Waals surface area contributed by atoms with Crippen LogP contribution in [0, 0.1) is 0 Å². The molecule has 0 saturated heterocycles. The number of allylic oxidation sites excluding steroid dienone is 1. The molecule has 5 nitrogen and oxygen atoms in total. The van der Waals surface area contributed by atoms with E-state index in [1.54, 1.807) is 0 Å². The van der Waals surface area contributed by atoms with Crippen molar-refractivity contribution in [2.75, 3.05) is 12.3 Å². The van der Waals surface area contributed by atoms with E-state index >= 15 is 0 Å². The molecule has 34 heavy (non-hydrogen) atoms. The Morgan fingerprint density at radius 1 is 0.647 bits per heavy atom. The number of unbranched alkanes of at least 4 members (excludes halogenated alkanes) is 21. The second-order valence-electron chi connectivity index (χ2n) is 9.84. The van der Waals surface area contributed by atoms with Crippen LogP contribution in [0.1, 0.15) is 148 Å². The highest BCUT2D eigenvalue weighted by Crippen LogP contribution is 2.15. The standard InChI is InChI=1S/C28H55NO4S/c1-2-3-4-5-6-7-8-9-10-11-12-13-14-15-16-17-18-19-20-21-22-23-24-25-28(30)29-26-27-34(31,32)33/h24-25H,2-23,26-27H2,1H3,(H,29,30)(H,31,32,33). The molecule has 0 rings (SSSR count). The first-order chi connectivity index (χ1) is 16.5. The molecule has 0 aromatic heterocycles. The molecule has 2 N–H and O–H groups in total. The lowest BCUT2D eigenvalue weighted by atomic mass is 10.0. The summed E-state index contributed by atoms with van der Waals surface area (Å²) >= 11 is 0. The van der Waals surface area contributed by atoms with Crippen LogP contribution in [0.4, 0.5) is 0 Å². The molecular weight excluding hydrogens is 446 g/mol. The highest BCUT2D eigenvalue weighted by atomic mass is 32.2. The van der Waals surface area contributed by atoms with Crippen molar-refractivity contribution in [3.05, 3.63) is 12.2 Å². The fraction of sp³-hybridized carbons (Fsp3) is 0.893. The first kappa shape index (κ1) is 33.1. The van der Waals surface area contributed by atoms with Crippen LogP contribution >= 0.6 is 0 Å². The quantitative estimate of drug-likeness (QED) is 0.0711. The van der Waals surface area contributed by atoms with Gasteiger partial charge in [-0.25, -0.2) is 0 Å². The van der Waals surface area contributed by atoms with Gasteiger partial charge in [0.15, 0.2) is 0 Å². The van der Waals surface area contributed by atoms with Gasteiger partial charge in [-0.05, 0) is 18.9 Å². The van der Waals surface area contributed by atoms with Gasteiger partial charge in [-0.15, -0.1) is 0 Å². The van der Waals surface area contributed by atoms with Crippen LogP contribution in [0.2, 0.25) is 0 Å². The molecule has 0 radical (unpaired) electrons. The third-order valence-corrected chi connectivity index (χ3v) is 7.12. The third kappa shape index (κ3) is 29.2. The van der Waals surface area contributed by atoms with Gasteiger partial charge in [0.25, 0.3) is 10.1 Å². The fourth-order valence-corrected chi connectivity index (χ4v) is 4.61. The summed E-state index contributed by atoms with van der Waals surface area (Å²) in [6.07, 6.45) is 33.0. The summed E-state index contributed by atoms with van der Waals surface area (Å²) in [6.45, 7) is 2.21. The van der Waals surface area contributed by atoms with Crippen LogP contribution in [0.15, 0.2) is 12.2 Å². The van der Waals surface area contributed by atoms with E-state index in [2.05, 4.69) is 12.2 Å². The lowest BCUT2D eigenvalue weighted by Crippen LogP contribution is -2.27. The van der Waals surface area contributed by atoms with Crippen molar-refractivity contribution in [2.45, 2.75) is 148 Å². The van der Waals surface area contributed by atoms with Crippen molar-refractivity contribution >= 4 is 16.0 Å². The van der Waals surface area contributed by atoms with Crippen LogP contribution in [-0.4, -0.2) is 31.2 Å². The molecule has 0 aromatic carbocycles. The van der Waals surface area contributed by atoms with E-state index in [0.29, 0.717) is 0 Å². The molecule has 0 saturated carbocycles. The molecule has 0 bridgehead atoms. The smallest absolute Gasteiger partial charge is 0.266 e. The van der Waals surface area contributed by atoms with Crippen LogP contribution in [0.5, 0.6) is 0 Å². The average Bonchev–Trinajstić information content (AvgIpc) is 2.78. The van der Waals surface area contributed by atoms with Gasteiger partial charge in [0.2, 0.25) is 5.91 Å². The predicted molar refractivity (Wildman–Crippen MR) is 146 cm³/mol. The maximum Gasteiger partial charge on any atom is 0.266 e. The Bertz CT molecular complexity index is 575. The second kappa shape index (κ2) is 25.2. The van der Waals surface area contributed by atoms with E-state index in [0.717, 1.165) is 12.8 Å². The number of carbonyl (C=O) groups excluding carboxylic acids is 1. The highest BCUT2D eigenvalue weighted by molar-refractivity contribution is 7.85. The van der Waals surface area contributed by atoms with E-state index in [4.69, 9.17) is 4.55 Å². The van der Waals surface area contributed by atoms with Crippen LogP contribution in [0.25, 0.3) is 0 Å². The van der Waals surface area contributed by atoms with E-state index < -0.39 is 15.9 Å². The zero-order valence-corrected chi connectivity index (χ0v) is 23.0. The molecule has 202 valence electrons. The fourth-order valence-electron chi connectivity index (χ4n) is 4.25. The van der Waals surface area contributed by atoms with Gasteiger partial charge >= 0.3 is 0 Å². The number of rotatable bonds is 26. The zero-order chi connectivity index (χ0) is 25.2. The summed E-state index contributed by atoms with van der Waals surface area (Å²) < 4.78 is 29.7. The molecule has 0 aliphatic carbocycles. The number of nitrogens with one attached hydrogen (secondary N) is 1. The minimum absolute atomic E-state index is 0.0681. The Kier molecular flexibility index (Phi) is 24.6. The molecule has 6 heteroatoms. The Balaban J connectivity index is 3.19. The van der Waals surface area contributed by atoms with Crippen LogP contribution in [-0.2, 0) is 14.9 Å². The first-order valence-electron chi connectivity index (χ1n) is 14.3. The number of carbonyl (C=O) groups is 1. The predicted octanol–water partition coefficient (Wildman–Crippen LogP) is 8.15. The second-order valence-corrected chi connectivity index (χ2v) is 11.4. The summed E-state index contributed by atoms with van der Waals surface area (Å²) in [5.74, 6) is -0.765. The van der Waals surface area contributed by atoms with E-state index in [-0.39, 0.29) is 12.5 Å². The van der Waals surface area contributed by atoms with E-state index in [9.17, 15) is 13.2 Å². The van der Waals surface area contributed by atoms with Gasteiger partial charge < -0.3 is 5.32 Å². The van der Waals surface area contributed by atoms with Crippen molar-refractivity contribution in [3.8, 4) is 0 Å². The summed E-state index contributed by atoms with van der Waals surface area (Å²) in [6, 6.07) is 0. The topological polar surface area (TPSA) is 83.5 Å². The Labute approximate surface area is 211 Å². The highest BCUT2D eigenvalue weighted by Gasteiger charge is 2.04. The molecule has 0 unspecified atom stereocenters. The molecule has 0 fully saturated rings. The van der Waals surface area contributed by atoms with E-state index in [1.165, 1.54) is 134 Å². The van der Waals surface area contributed by atoms with Gasteiger partial charge in [0.1, 0.15) is 0 Å². The number of hydrogen-bond acceptors (Lipinski definition) is 3. The molecule has 0 aromatic rings. The molecule has 0 spiro atoms. The maximum atomic E-state index is 11.5. The normalized spacial score (nSPS) is 11.9. The molecule has 0 aliphatic heterocycles. The third-order valence-electron chi connectivity index (χ3n) is 6.40. The zero-order valence-electron chi connectivity index (χ0n) is 22.2. The Hall–Kier alpha value is -0.880. The first-order valence-corrected chi connectivity index (χ1v) is 16.0.